The van der Waals surface area contributed by atoms with Crippen LogP contribution in [0, 0.1) is 0 Å². The van der Waals surface area contributed by atoms with Crippen molar-refractivity contribution >= 4 is 42.6 Å². The lowest BCUT2D eigenvalue weighted by molar-refractivity contribution is 0.0751. The summed E-state index contributed by atoms with van der Waals surface area (Å²) in [4.78, 5) is 19.0. The molecular weight excluding hydrogens is 374 g/mol. The Morgan fingerprint density at radius 1 is 1.35 bits per heavy atom. The predicted molar refractivity (Wildman–Crippen MR) is 101 cm³/mol. The first-order valence-corrected chi connectivity index (χ1v) is 11.4. The molecule has 1 N–H and O–H groups in total. The number of hydrogen-bond donors (Lipinski definition) is 1. The number of carbonyl (C=O) groups excluding carboxylic acids is 1. The van der Waals surface area contributed by atoms with Crippen molar-refractivity contribution in [3.63, 3.8) is 0 Å². The number of nitrogens with zero attached hydrogens (tertiary/aromatic N) is 2. The predicted octanol–water partition coefficient (Wildman–Crippen LogP) is 2.50. The van der Waals surface area contributed by atoms with E-state index in [1.807, 2.05) is 24.3 Å². The van der Waals surface area contributed by atoms with Crippen molar-refractivity contribution in [2.45, 2.75) is 31.4 Å². The normalized spacial score (nSPS) is 24.8. The zero-order valence-electron chi connectivity index (χ0n) is 14.3. The van der Waals surface area contributed by atoms with Crippen molar-refractivity contribution in [2.24, 2.45) is 0 Å². The number of thiazole rings is 1. The van der Waals surface area contributed by atoms with E-state index in [-0.39, 0.29) is 29.7 Å². The molecule has 9 heteroatoms. The molecule has 140 valence electrons. The number of nitrogens with one attached hydrogen (secondary N) is 1. The van der Waals surface area contributed by atoms with Crippen LogP contribution < -0.4 is 5.32 Å². The molecule has 4 rings (SSSR count). The van der Waals surface area contributed by atoms with E-state index < -0.39 is 9.84 Å². The number of para-hydroxylation sites is 1. The zero-order chi connectivity index (χ0) is 18.1. The minimum absolute atomic E-state index is 0.0208. The smallest absolute Gasteiger partial charge is 0.324 e. The highest BCUT2D eigenvalue weighted by molar-refractivity contribution is 7.91. The minimum atomic E-state index is -3.08. The van der Waals surface area contributed by atoms with E-state index in [9.17, 15) is 13.2 Å². The number of ether oxygens (including phenoxy) is 1. The van der Waals surface area contributed by atoms with Crippen LogP contribution in [-0.2, 0) is 14.6 Å². The number of rotatable bonds is 4. The molecule has 1 aromatic carbocycles. The molecule has 7 nitrogen and oxygen atoms in total. The molecule has 2 aliphatic rings. The van der Waals surface area contributed by atoms with Gasteiger partial charge in [0.2, 0.25) is 0 Å². The highest BCUT2D eigenvalue weighted by Gasteiger charge is 2.36. The van der Waals surface area contributed by atoms with Crippen molar-refractivity contribution in [1.29, 1.82) is 0 Å². The molecule has 0 bridgehead atoms. The Hall–Kier alpha value is -1.71. The molecule has 0 aliphatic carbocycles. The van der Waals surface area contributed by atoms with E-state index in [2.05, 4.69) is 10.3 Å². The summed E-state index contributed by atoms with van der Waals surface area (Å²) in [5.74, 6) is 0.154. The van der Waals surface area contributed by atoms with Gasteiger partial charge >= 0.3 is 6.03 Å². The number of amides is 2. The average molecular weight is 396 g/mol. The molecule has 0 radical (unpaired) electrons. The molecule has 26 heavy (non-hydrogen) atoms. The second-order valence-corrected chi connectivity index (χ2v) is 10.0. The Morgan fingerprint density at radius 3 is 2.88 bits per heavy atom. The minimum Gasteiger partial charge on any atom is -0.376 e. The van der Waals surface area contributed by atoms with Crippen LogP contribution >= 0.6 is 11.3 Å². The van der Waals surface area contributed by atoms with Crippen LogP contribution in [0.15, 0.2) is 24.3 Å². The number of carbonyl (C=O) groups is 1. The molecule has 2 atom stereocenters. The summed E-state index contributed by atoms with van der Waals surface area (Å²) in [5.41, 5.74) is 0.835. The number of anilines is 1. The maximum Gasteiger partial charge on any atom is 0.324 e. The Kier molecular flexibility index (Phi) is 4.85. The molecule has 2 aromatic rings. The number of urea groups is 1. The SMILES string of the molecule is O=C(Nc1nc2ccccc2s1)N(C[C@@H]1CCCO1)[C@@H]1CCS(=O)(=O)C1. The number of aromatic nitrogens is 1. The quantitative estimate of drug-likeness (QED) is 0.859. The van der Waals surface area contributed by atoms with E-state index in [4.69, 9.17) is 4.74 Å². The highest BCUT2D eigenvalue weighted by atomic mass is 32.2. The topological polar surface area (TPSA) is 88.6 Å². The summed E-state index contributed by atoms with van der Waals surface area (Å²) in [7, 11) is -3.08. The van der Waals surface area contributed by atoms with Crippen molar-refractivity contribution < 1.29 is 17.9 Å². The maximum absolute atomic E-state index is 12.9. The van der Waals surface area contributed by atoms with E-state index in [0.717, 1.165) is 23.1 Å². The van der Waals surface area contributed by atoms with Crippen LogP contribution in [-0.4, -0.2) is 61.1 Å². The van der Waals surface area contributed by atoms with E-state index in [0.29, 0.717) is 24.7 Å². The first-order valence-electron chi connectivity index (χ1n) is 8.75. The van der Waals surface area contributed by atoms with Gasteiger partial charge < -0.3 is 9.64 Å². The van der Waals surface area contributed by atoms with Gasteiger partial charge in [0.05, 0.1) is 27.8 Å². The van der Waals surface area contributed by atoms with Crippen LogP contribution in [0.3, 0.4) is 0 Å². The second-order valence-electron chi connectivity index (χ2n) is 6.76. The molecular formula is C17H21N3O4S2. The molecule has 1 aromatic heterocycles. The molecule has 2 aliphatic heterocycles. The van der Waals surface area contributed by atoms with Gasteiger partial charge in [-0.15, -0.1) is 0 Å². The number of sulfone groups is 1. The van der Waals surface area contributed by atoms with Gasteiger partial charge in [0.15, 0.2) is 15.0 Å². The van der Waals surface area contributed by atoms with Crippen LogP contribution in [0.1, 0.15) is 19.3 Å². The summed E-state index contributed by atoms with van der Waals surface area (Å²) in [6.45, 7) is 1.11. The summed E-state index contributed by atoms with van der Waals surface area (Å²) >= 11 is 1.41. The zero-order valence-corrected chi connectivity index (χ0v) is 15.9. The lowest BCUT2D eigenvalue weighted by Gasteiger charge is -2.30. The fourth-order valence-electron chi connectivity index (χ4n) is 3.52. The molecule has 2 saturated heterocycles. The fraction of sp³-hybridized carbons (Fsp3) is 0.529. The molecule has 3 heterocycles. The van der Waals surface area contributed by atoms with Crippen molar-refractivity contribution in [1.82, 2.24) is 9.88 Å². The Labute approximate surface area is 156 Å². The van der Waals surface area contributed by atoms with Gasteiger partial charge in [0.1, 0.15) is 0 Å². The molecule has 2 amide bonds. The highest BCUT2D eigenvalue weighted by Crippen LogP contribution is 2.27. The van der Waals surface area contributed by atoms with Gasteiger partial charge in [-0.1, -0.05) is 23.5 Å². The van der Waals surface area contributed by atoms with E-state index >= 15 is 0 Å². The van der Waals surface area contributed by atoms with Gasteiger partial charge in [-0.3, -0.25) is 5.32 Å². The molecule has 0 saturated carbocycles. The summed E-state index contributed by atoms with van der Waals surface area (Å²) in [6.07, 6.45) is 2.31. The lowest BCUT2D eigenvalue weighted by Crippen LogP contribution is -2.47. The third kappa shape index (κ3) is 3.84. The summed E-state index contributed by atoms with van der Waals surface area (Å²) in [6, 6.07) is 7.08. The third-order valence-corrected chi connectivity index (χ3v) is 7.54. The fourth-order valence-corrected chi connectivity index (χ4v) is 6.10. The first kappa shape index (κ1) is 17.7. The summed E-state index contributed by atoms with van der Waals surface area (Å²) < 4.78 is 30.4. The number of hydrogen-bond acceptors (Lipinski definition) is 6. The largest absolute Gasteiger partial charge is 0.376 e. The average Bonchev–Trinajstić information content (AvgIpc) is 3.31. The standard InChI is InChI=1S/C17H21N3O4S2/c21-17(19-16-18-14-5-1-2-6-15(14)25-16)20(10-13-4-3-8-24-13)12-7-9-26(22,23)11-12/h1-2,5-6,12-13H,3-4,7-11H2,(H,18,19,21)/t12-,13+/m1/s1. The van der Waals surface area contributed by atoms with Crippen LogP contribution in [0.2, 0.25) is 0 Å². The van der Waals surface area contributed by atoms with E-state index in [1.54, 1.807) is 4.90 Å². The van der Waals surface area contributed by atoms with Crippen molar-refractivity contribution in [3.8, 4) is 0 Å². The molecule has 2 fully saturated rings. The lowest BCUT2D eigenvalue weighted by atomic mass is 10.2. The van der Waals surface area contributed by atoms with Gasteiger partial charge in [0.25, 0.3) is 0 Å². The number of benzene rings is 1. The van der Waals surface area contributed by atoms with Gasteiger partial charge in [-0.2, -0.15) is 0 Å². The van der Waals surface area contributed by atoms with Crippen LogP contribution in [0.5, 0.6) is 0 Å². The maximum atomic E-state index is 12.9. The molecule has 0 unspecified atom stereocenters. The first-order chi connectivity index (χ1) is 12.5. The number of fused-ring (bicyclic) bond motifs is 1. The Balaban J connectivity index is 1.52. The van der Waals surface area contributed by atoms with Crippen LogP contribution in [0.25, 0.3) is 10.2 Å². The summed E-state index contributed by atoms with van der Waals surface area (Å²) in [5, 5.41) is 3.38. The van der Waals surface area contributed by atoms with Gasteiger partial charge in [0, 0.05) is 19.2 Å². The monoisotopic (exact) mass is 395 g/mol. The third-order valence-electron chi connectivity index (χ3n) is 4.84. The Morgan fingerprint density at radius 2 is 2.19 bits per heavy atom. The van der Waals surface area contributed by atoms with Crippen molar-refractivity contribution in [2.75, 3.05) is 30.0 Å². The second kappa shape index (κ2) is 7.13. The van der Waals surface area contributed by atoms with Crippen LogP contribution in [0.4, 0.5) is 9.93 Å². The van der Waals surface area contributed by atoms with Crippen molar-refractivity contribution in [3.05, 3.63) is 24.3 Å². The van der Waals surface area contributed by atoms with E-state index in [1.165, 1.54) is 11.3 Å². The molecule has 0 spiro atoms. The Bertz CT molecular complexity index is 873. The van der Waals surface area contributed by atoms with Gasteiger partial charge in [-0.05, 0) is 31.4 Å². The van der Waals surface area contributed by atoms with Gasteiger partial charge in [-0.25, -0.2) is 18.2 Å².